The zero-order valence-corrected chi connectivity index (χ0v) is 21.9. The molecule has 40 heavy (non-hydrogen) atoms. The van der Waals surface area contributed by atoms with Crippen molar-refractivity contribution in [1.29, 1.82) is 0 Å². The summed E-state index contributed by atoms with van der Waals surface area (Å²) in [5.41, 5.74) is 7.63. The molecule has 0 radical (unpaired) electrons. The highest BCUT2D eigenvalue weighted by atomic mass is 19.4. The van der Waals surface area contributed by atoms with Gasteiger partial charge in [-0.05, 0) is 66.3 Å². The van der Waals surface area contributed by atoms with Gasteiger partial charge in [-0.15, -0.1) is 0 Å². The van der Waals surface area contributed by atoms with Gasteiger partial charge in [-0.3, -0.25) is 9.69 Å². The summed E-state index contributed by atoms with van der Waals surface area (Å²) < 4.78 is 44.8. The third-order valence-corrected chi connectivity index (χ3v) is 6.91. The first kappa shape index (κ1) is 28.9. The number of ether oxygens (including phenoxy) is 1. The Morgan fingerprint density at radius 1 is 1.02 bits per heavy atom. The fourth-order valence-corrected chi connectivity index (χ4v) is 4.46. The van der Waals surface area contributed by atoms with Crippen molar-refractivity contribution in [3.63, 3.8) is 0 Å². The van der Waals surface area contributed by atoms with E-state index in [1.54, 1.807) is 48.5 Å². The van der Waals surface area contributed by atoms with Crippen molar-refractivity contribution in [2.45, 2.75) is 44.5 Å². The first-order chi connectivity index (χ1) is 19.2. The van der Waals surface area contributed by atoms with Gasteiger partial charge in [0, 0.05) is 12.1 Å². The Bertz CT molecular complexity index is 1290. The molecule has 3 aromatic rings. The van der Waals surface area contributed by atoms with Gasteiger partial charge in [0.2, 0.25) is 0 Å². The zero-order valence-electron chi connectivity index (χ0n) is 21.9. The molecule has 3 aromatic carbocycles. The largest absolute Gasteiger partial charge is 0.445 e. The van der Waals surface area contributed by atoms with Crippen molar-refractivity contribution in [1.82, 2.24) is 4.90 Å². The maximum Gasteiger partial charge on any atom is 0.416 e. The van der Waals surface area contributed by atoms with Crippen LogP contribution in [-0.2, 0) is 17.5 Å². The number of para-hydroxylation sites is 2. The standard InChI is InChI=1S/C30H32F3N3O4/c31-30(32,33)24-14-12-22(13-15-24)27(16-9-20-5-6-20)36(17-18-37)29(39)40-19-21-7-10-23(11-8-21)28(38)35-26-4-2-1-3-25(26)34/h1-4,7-8,10-15,20,27,37H,5-6,9,16-19,34H2,(H,35,38)/t27-/m0/s1. The van der Waals surface area contributed by atoms with Gasteiger partial charge in [-0.25, -0.2) is 4.79 Å². The average molecular weight is 556 g/mol. The zero-order chi connectivity index (χ0) is 28.7. The summed E-state index contributed by atoms with van der Waals surface area (Å²) in [4.78, 5) is 27.1. The Kier molecular flexibility index (Phi) is 9.31. The van der Waals surface area contributed by atoms with Crippen LogP contribution in [-0.4, -0.2) is 35.2 Å². The first-order valence-corrected chi connectivity index (χ1v) is 13.1. The minimum absolute atomic E-state index is 0.0308. The number of nitrogens with two attached hydrogens (primary N) is 1. The maximum absolute atomic E-state index is 13.2. The Balaban J connectivity index is 1.42. The second-order valence-corrected chi connectivity index (χ2v) is 9.87. The number of nitrogens with one attached hydrogen (secondary N) is 1. The van der Waals surface area contributed by atoms with E-state index in [0.717, 1.165) is 31.4 Å². The molecule has 4 N–H and O–H groups in total. The molecule has 0 aromatic heterocycles. The maximum atomic E-state index is 13.2. The summed E-state index contributed by atoms with van der Waals surface area (Å²) in [5, 5.41) is 12.4. The number of alkyl halides is 3. The third-order valence-electron chi connectivity index (χ3n) is 6.91. The highest BCUT2D eigenvalue weighted by Crippen LogP contribution is 2.38. The summed E-state index contributed by atoms with van der Waals surface area (Å²) in [6, 6.07) is 17.7. The fraction of sp³-hybridized carbons (Fsp3) is 0.333. The van der Waals surface area contributed by atoms with E-state index in [-0.39, 0.29) is 25.7 Å². The van der Waals surface area contributed by atoms with E-state index in [1.165, 1.54) is 17.0 Å². The number of hydrogen-bond acceptors (Lipinski definition) is 5. The van der Waals surface area contributed by atoms with E-state index < -0.39 is 23.9 Å². The molecule has 0 bridgehead atoms. The lowest BCUT2D eigenvalue weighted by Crippen LogP contribution is -2.37. The van der Waals surface area contributed by atoms with Gasteiger partial charge in [0.05, 0.1) is 29.6 Å². The Morgan fingerprint density at radius 3 is 2.30 bits per heavy atom. The number of carbonyl (C=O) groups is 2. The van der Waals surface area contributed by atoms with Crippen LogP contribution in [0.4, 0.5) is 29.3 Å². The molecule has 4 rings (SSSR count). The molecule has 7 nitrogen and oxygen atoms in total. The van der Waals surface area contributed by atoms with Crippen LogP contribution in [0.5, 0.6) is 0 Å². The minimum atomic E-state index is -4.46. The lowest BCUT2D eigenvalue weighted by molar-refractivity contribution is -0.137. The Hall–Kier alpha value is -4.05. The molecule has 10 heteroatoms. The van der Waals surface area contributed by atoms with E-state index in [1.807, 2.05) is 0 Å². The van der Waals surface area contributed by atoms with Crippen molar-refractivity contribution in [3.8, 4) is 0 Å². The number of aliphatic hydroxyl groups excluding tert-OH is 1. The minimum Gasteiger partial charge on any atom is -0.445 e. The highest BCUT2D eigenvalue weighted by Gasteiger charge is 2.32. The molecule has 0 saturated heterocycles. The Labute approximate surface area is 230 Å². The summed E-state index contributed by atoms with van der Waals surface area (Å²) in [5.74, 6) is 0.198. The van der Waals surface area contributed by atoms with E-state index >= 15 is 0 Å². The summed E-state index contributed by atoms with van der Waals surface area (Å²) in [6.07, 6.45) is -1.60. The average Bonchev–Trinajstić information content (AvgIpc) is 3.77. The topological polar surface area (TPSA) is 105 Å². The molecular weight excluding hydrogens is 523 g/mol. The van der Waals surface area contributed by atoms with Gasteiger partial charge < -0.3 is 20.9 Å². The summed E-state index contributed by atoms with van der Waals surface area (Å²) >= 11 is 0. The number of amides is 2. The number of benzene rings is 3. The number of carbonyl (C=O) groups excluding carboxylic acids is 2. The summed E-state index contributed by atoms with van der Waals surface area (Å²) in [6.45, 7) is -0.445. The lowest BCUT2D eigenvalue weighted by atomic mass is 9.97. The fourth-order valence-electron chi connectivity index (χ4n) is 4.46. The predicted octanol–water partition coefficient (Wildman–Crippen LogP) is 6.40. The van der Waals surface area contributed by atoms with Gasteiger partial charge in [-0.1, -0.05) is 49.2 Å². The van der Waals surface area contributed by atoms with Crippen molar-refractivity contribution in [2.24, 2.45) is 5.92 Å². The molecule has 0 unspecified atom stereocenters. The highest BCUT2D eigenvalue weighted by molar-refractivity contribution is 6.05. The number of hydrogen-bond donors (Lipinski definition) is 3. The number of aliphatic hydroxyl groups is 1. The third kappa shape index (κ3) is 7.75. The number of rotatable bonds is 11. The second kappa shape index (κ2) is 12.9. The van der Waals surface area contributed by atoms with Crippen molar-refractivity contribution in [3.05, 3.63) is 95.1 Å². The SMILES string of the molecule is Nc1ccccc1NC(=O)c1ccc(COC(=O)N(CCO)[C@@H](CCC2CC2)c2ccc(C(F)(F)F)cc2)cc1. The molecule has 212 valence electrons. The number of anilines is 2. The van der Waals surface area contributed by atoms with E-state index in [9.17, 15) is 27.9 Å². The molecule has 1 aliphatic carbocycles. The van der Waals surface area contributed by atoms with Crippen LogP contribution < -0.4 is 11.1 Å². The van der Waals surface area contributed by atoms with Crippen molar-refractivity contribution >= 4 is 23.4 Å². The van der Waals surface area contributed by atoms with Crippen LogP contribution in [0.3, 0.4) is 0 Å². The molecule has 2 amide bonds. The number of nitrogen functional groups attached to an aromatic ring is 1. The van der Waals surface area contributed by atoms with Crippen LogP contribution in [0.1, 0.15) is 58.8 Å². The molecule has 0 spiro atoms. The lowest BCUT2D eigenvalue weighted by Gasteiger charge is -2.31. The van der Waals surface area contributed by atoms with Crippen LogP contribution in [0.25, 0.3) is 0 Å². The smallest absolute Gasteiger partial charge is 0.416 e. The molecule has 0 heterocycles. The second-order valence-electron chi connectivity index (χ2n) is 9.87. The monoisotopic (exact) mass is 555 g/mol. The van der Waals surface area contributed by atoms with Gasteiger partial charge >= 0.3 is 12.3 Å². The first-order valence-electron chi connectivity index (χ1n) is 13.1. The van der Waals surface area contributed by atoms with E-state index in [4.69, 9.17) is 10.5 Å². The molecular formula is C30H32F3N3O4. The molecule has 1 atom stereocenters. The van der Waals surface area contributed by atoms with Gasteiger partial charge in [-0.2, -0.15) is 13.2 Å². The number of halogens is 3. The Morgan fingerprint density at radius 2 is 1.70 bits per heavy atom. The number of nitrogens with zero attached hydrogens (tertiary/aromatic N) is 1. The van der Waals surface area contributed by atoms with Crippen LogP contribution in [0.15, 0.2) is 72.8 Å². The van der Waals surface area contributed by atoms with Crippen molar-refractivity contribution < 1.29 is 32.6 Å². The predicted molar refractivity (Wildman–Crippen MR) is 145 cm³/mol. The molecule has 1 aliphatic rings. The van der Waals surface area contributed by atoms with Crippen LogP contribution in [0, 0.1) is 5.92 Å². The molecule has 1 saturated carbocycles. The van der Waals surface area contributed by atoms with Gasteiger partial charge in [0.15, 0.2) is 0 Å². The normalized spacial score (nSPS) is 13.9. The van der Waals surface area contributed by atoms with Crippen LogP contribution in [0.2, 0.25) is 0 Å². The molecule has 1 fully saturated rings. The van der Waals surface area contributed by atoms with Crippen LogP contribution >= 0.6 is 0 Å². The van der Waals surface area contributed by atoms with Gasteiger partial charge in [0.25, 0.3) is 5.91 Å². The van der Waals surface area contributed by atoms with E-state index in [2.05, 4.69) is 5.32 Å². The van der Waals surface area contributed by atoms with Crippen molar-refractivity contribution in [2.75, 3.05) is 24.2 Å². The molecule has 0 aliphatic heterocycles. The van der Waals surface area contributed by atoms with E-state index in [0.29, 0.717) is 40.4 Å². The quantitative estimate of drug-likeness (QED) is 0.238. The summed E-state index contributed by atoms with van der Waals surface area (Å²) in [7, 11) is 0. The van der Waals surface area contributed by atoms with Gasteiger partial charge in [0.1, 0.15) is 6.61 Å².